The summed E-state index contributed by atoms with van der Waals surface area (Å²) in [5, 5.41) is 12.8. The first-order valence-corrected chi connectivity index (χ1v) is 9.09. The number of rotatable bonds is 6. The zero-order chi connectivity index (χ0) is 20.0. The number of aliphatic hydroxyl groups excluding tert-OH is 1. The van der Waals surface area contributed by atoms with Crippen molar-refractivity contribution in [1.82, 2.24) is 10.3 Å². The fraction of sp³-hybridized carbons (Fsp3) is 0.368. The second-order valence-electron chi connectivity index (χ2n) is 6.91. The molecule has 2 N–H and O–H groups in total. The highest BCUT2D eigenvalue weighted by Gasteiger charge is 2.19. The van der Waals surface area contributed by atoms with Gasteiger partial charge in [0, 0.05) is 12.4 Å². The number of pyridine rings is 1. The molecule has 0 saturated carbocycles. The van der Waals surface area contributed by atoms with Crippen LogP contribution >= 0.6 is 23.2 Å². The number of benzene rings is 1. The highest BCUT2D eigenvalue weighted by molar-refractivity contribution is 6.36. The van der Waals surface area contributed by atoms with Crippen molar-refractivity contribution in [3.8, 4) is 11.5 Å². The fourth-order valence-electron chi connectivity index (χ4n) is 2.23. The Morgan fingerprint density at radius 2 is 1.78 bits per heavy atom. The van der Waals surface area contributed by atoms with E-state index in [-0.39, 0.29) is 6.61 Å². The molecule has 0 aliphatic heterocycles. The predicted molar refractivity (Wildman–Crippen MR) is 105 cm³/mol. The maximum absolute atomic E-state index is 11.8. The molecule has 1 aromatic heterocycles. The summed E-state index contributed by atoms with van der Waals surface area (Å²) in [5.41, 5.74) is 0.308. The fourth-order valence-corrected chi connectivity index (χ4v) is 2.67. The SMILES string of the molecule is CC(C)(C)OC(=O)NC(CO)Cc1ccc(Oc2c(Cl)cncc2Cl)cc1. The molecular weight excluding hydrogens is 391 g/mol. The average Bonchev–Trinajstić information content (AvgIpc) is 2.57. The van der Waals surface area contributed by atoms with Crippen LogP contribution in [0, 0.1) is 0 Å². The van der Waals surface area contributed by atoms with E-state index in [4.69, 9.17) is 32.7 Å². The third-order valence-electron chi connectivity index (χ3n) is 3.38. The molecule has 1 heterocycles. The van der Waals surface area contributed by atoms with Gasteiger partial charge >= 0.3 is 6.09 Å². The topological polar surface area (TPSA) is 80.7 Å². The number of ether oxygens (including phenoxy) is 2. The van der Waals surface area contributed by atoms with Gasteiger partial charge in [-0.1, -0.05) is 35.3 Å². The number of aromatic nitrogens is 1. The summed E-state index contributed by atoms with van der Waals surface area (Å²) in [5.74, 6) is 0.885. The summed E-state index contributed by atoms with van der Waals surface area (Å²) in [6, 6.07) is 6.71. The van der Waals surface area contributed by atoms with Crippen LogP contribution in [0.4, 0.5) is 4.79 Å². The van der Waals surface area contributed by atoms with Crippen LogP contribution in [0.1, 0.15) is 26.3 Å². The van der Waals surface area contributed by atoms with Crippen molar-refractivity contribution in [3.63, 3.8) is 0 Å². The van der Waals surface area contributed by atoms with E-state index in [1.165, 1.54) is 12.4 Å². The van der Waals surface area contributed by atoms with E-state index in [2.05, 4.69) is 10.3 Å². The lowest BCUT2D eigenvalue weighted by Gasteiger charge is -2.22. The van der Waals surface area contributed by atoms with Gasteiger partial charge in [0.25, 0.3) is 0 Å². The average molecular weight is 413 g/mol. The van der Waals surface area contributed by atoms with Gasteiger partial charge < -0.3 is 19.9 Å². The summed E-state index contributed by atoms with van der Waals surface area (Å²) in [6.45, 7) is 5.13. The van der Waals surface area contributed by atoms with Crippen LogP contribution in [0.5, 0.6) is 11.5 Å². The van der Waals surface area contributed by atoms with Gasteiger partial charge in [-0.05, 0) is 44.9 Å². The number of halogens is 2. The maximum atomic E-state index is 11.8. The Morgan fingerprint density at radius 1 is 1.19 bits per heavy atom. The van der Waals surface area contributed by atoms with Gasteiger partial charge in [-0.25, -0.2) is 4.79 Å². The molecule has 0 radical (unpaired) electrons. The molecule has 1 amide bonds. The van der Waals surface area contributed by atoms with Crippen molar-refractivity contribution in [2.75, 3.05) is 6.61 Å². The number of carbonyl (C=O) groups is 1. The van der Waals surface area contributed by atoms with Gasteiger partial charge in [0.05, 0.1) is 12.6 Å². The zero-order valence-corrected chi connectivity index (χ0v) is 16.8. The third-order valence-corrected chi connectivity index (χ3v) is 3.91. The molecule has 0 spiro atoms. The number of nitrogens with zero attached hydrogens (tertiary/aromatic N) is 1. The lowest BCUT2D eigenvalue weighted by molar-refractivity contribution is 0.0483. The van der Waals surface area contributed by atoms with Crippen molar-refractivity contribution >= 4 is 29.3 Å². The van der Waals surface area contributed by atoms with E-state index < -0.39 is 17.7 Å². The van der Waals surface area contributed by atoms with Crippen molar-refractivity contribution in [1.29, 1.82) is 0 Å². The number of carbonyl (C=O) groups excluding carboxylic acids is 1. The molecule has 1 aromatic carbocycles. The molecule has 0 aliphatic carbocycles. The molecule has 6 nitrogen and oxygen atoms in total. The second kappa shape index (κ2) is 9.26. The minimum absolute atomic E-state index is 0.209. The summed E-state index contributed by atoms with van der Waals surface area (Å²) in [6.07, 6.45) is 2.77. The molecular formula is C19H22Cl2N2O4. The quantitative estimate of drug-likeness (QED) is 0.723. The lowest BCUT2D eigenvalue weighted by Crippen LogP contribution is -2.42. The minimum Gasteiger partial charge on any atom is -0.454 e. The van der Waals surface area contributed by atoms with E-state index in [0.717, 1.165) is 5.56 Å². The molecule has 146 valence electrons. The maximum Gasteiger partial charge on any atom is 0.407 e. The minimum atomic E-state index is -0.599. The normalized spacial score (nSPS) is 12.4. The number of nitrogens with one attached hydrogen (secondary N) is 1. The van der Waals surface area contributed by atoms with Gasteiger partial charge in [0.1, 0.15) is 21.4 Å². The molecule has 0 bridgehead atoms. The molecule has 2 rings (SSSR count). The number of hydrogen-bond acceptors (Lipinski definition) is 5. The van der Waals surface area contributed by atoms with Crippen molar-refractivity contribution in [3.05, 3.63) is 52.3 Å². The van der Waals surface area contributed by atoms with Crippen LogP contribution in [0.3, 0.4) is 0 Å². The first-order chi connectivity index (χ1) is 12.7. The first kappa shape index (κ1) is 21.3. The Bertz CT molecular complexity index is 756. The van der Waals surface area contributed by atoms with Gasteiger partial charge in [0.15, 0.2) is 5.75 Å². The van der Waals surface area contributed by atoms with Crippen LogP contribution in [0.25, 0.3) is 0 Å². The largest absolute Gasteiger partial charge is 0.454 e. The standard InChI is InChI=1S/C19H22Cl2N2O4/c1-19(2,3)27-18(25)23-13(11-24)8-12-4-6-14(7-5-12)26-17-15(20)9-22-10-16(17)21/h4-7,9-10,13,24H,8,11H2,1-3H3,(H,23,25). The Kier molecular flexibility index (Phi) is 7.30. The molecule has 0 aliphatic rings. The van der Waals surface area contributed by atoms with Crippen molar-refractivity contribution in [2.24, 2.45) is 0 Å². The molecule has 2 aromatic rings. The van der Waals surface area contributed by atoms with Crippen LogP contribution in [0.15, 0.2) is 36.7 Å². The molecule has 0 fully saturated rings. The van der Waals surface area contributed by atoms with Crippen molar-refractivity contribution < 1.29 is 19.4 Å². The summed E-state index contributed by atoms with van der Waals surface area (Å²) < 4.78 is 10.9. The van der Waals surface area contributed by atoms with Crippen LogP contribution in [-0.2, 0) is 11.2 Å². The van der Waals surface area contributed by atoms with Crippen LogP contribution < -0.4 is 10.1 Å². The number of hydrogen-bond donors (Lipinski definition) is 2. The molecule has 1 atom stereocenters. The smallest absolute Gasteiger partial charge is 0.407 e. The monoisotopic (exact) mass is 412 g/mol. The second-order valence-corrected chi connectivity index (χ2v) is 7.72. The predicted octanol–water partition coefficient (Wildman–Crippen LogP) is 4.61. The summed E-state index contributed by atoms with van der Waals surface area (Å²) in [7, 11) is 0. The Balaban J connectivity index is 1.98. The van der Waals surface area contributed by atoms with E-state index in [1.54, 1.807) is 32.9 Å². The van der Waals surface area contributed by atoms with Crippen LogP contribution in [0.2, 0.25) is 10.0 Å². The van der Waals surface area contributed by atoms with Gasteiger partial charge in [-0.3, -0.25) is 4.98 Å². The van der Waals surface area contributed by atoms with E-state index in [9.17, 15) is 9.90 Å². The van der Waals surface area contributed by atoms with E-state index >= 15 is 0 Å². The van der Waals surface area contributed by atoms with E-state index in [1.807, 2.05) is 12.1 Å². The zero-order valence-electron chi connectivity index (χ0n) is 15.3. The molecule has 8 heteroatoms. The van der Waals surface area contributed by atoms with Crippen LogP contribution in [-0.4, -0.2) is 34.4 Å². The van der Waals surface area contributed by atoms with E-state index in [0.29, 0.717) is 28.0 Å². The molecule has 0 saturated heterocycles. The Labute approximate surface area is 168 Å². The van der Waals surface area contributed by atoms with Crippen molar-refractivity contribution in [2.45, 2.75) is 38.8 Å². The van der Waals surface area contributed by atoms with Gasteiger partial charge in [-0.2, -0.15) is 0 Å². The lowest BCUT2D eigenvalue weighted by atomic mass is 10.1. The Hall–Kier alpha value is -2.02. The summed E-state index contributed by atoms with van der Waals surface area (Å²) in [4.78, 5) is 15.7. The number of alkyl carbamates (subject to hydrolysis) is 1. The highest BCUT2D eigenvalue weighted by Crippen LogP contribution is 2.35. The highest BCUT2D eigenvalue weighted by atomic mass is 35.5. The summed E-state index contributed by atoms with van der Waals surface area (Å²) >= 11 is 12.1. The third kappa shape index (κ3) is 6.90. The molecule has 1 unspecified atom stereocenters. The Morgan fingerprint density at radius 3 is 2.30 bits per heavy atom. The number of amides is 1. The van der Waals surface area contributed by atoms with Gasteiger partial charge in [-0.15, -0.1) is 0 Å². The number of aliphatic hydroxyl groups is 1. The first-order valence-electron chi connectivity index (χ1n) is 8.34. The van der Waals surface area contributed by atoms with Gasteiger partial charge in [0.2, 0.25) is 0 Å². The molecule has 27 heavy (non-hydrogen) atoms.